The van der Waals surface area contributed by atoms with Gasteiger partial charge in [-0.1, -0.05) is 6.07 Å². The van der Waals surface area contributed by atoms with Crippen LogP contribution in [0.15, 0.2) is 29.2 Å². The molecular weight excluding hydrogens is 254 g/mol. The van der Waals surface area contributed by atoms with Crippen LogP contribution in [0.1, 0.15) is 17.3 Å². The third-order valence-electron chi connectivity index (χ3n) is 2.39. The molecule has 100 valence electrons. The van der Waals surface area contributed by atoms with E-state index in [1.54, 1.807) is 20.0 Å². The van der Waals surface area contributed by atoms with Gasteiger partial charge < -0.3 is 10.0 Å². The summed E-state index contributed by atoms with van der Waals surface area (Å²) in [5, 5.41) is 9.21. The number of rotatable bonds is 4. The number of aliphatic hydroxyl groups excluding tert-OH is 1. The first-order valence-corrected chi connectivity index (χ1v) is 7.34. The second-order valence-corrected chi connectivity index (χ2v) is 6.35. The number of aliphatic hydroxyl groups is 1. The zero-order chi connectivity index (χ0) is 13.9. The number of nitrogens with zero attached hydrogens (tertiary/aromatic N) is 1. The van der Waals surface area contributed by atoms with Gasteiger partial charge in [0.2, 0.25) is 0 Å². The summed E-state index contributed by atoms with van der Waals surface area (Å²) < 4.78 is 22.8. The molecular formula is C12H17NO4S. The van der Waals surface area contributed by atoms with E-state index < -0.39 is 15.9 Å². The van der Waals surface area contributed by atoms with E-state index in [9.17, 15) is 18.3 Å². The second-order valence-electron chi connectivity index (χ2n) is 4.33. The maximum Gasteiger partial charge on any atom is 0.253 e. The van der Waals surface area contributed by atoms with Crippen LogP contribution in [-0.4, -0.2) is 50.3 Å². The highest BCUT2D eigenvalue weighted by Crippen LogP contribution is 2.12. The lowest BCUT2D eigenvalue weighted by molar-refractivity contribution is 0.0703. The predicted octanol–water partition coefficient (Wildman–Crippen LogP) is 0.543. The molecule has 0 heterocycles. The summed E-state index contributed by atoms with van der Waals surface area (Å²) in [5.74, 6) is -0.318. The molecule has 1 aromatic rings. The van der Waals surface area contributed by atoms with Crippen LogP contribution < -0.4 is 0 Å². The highest BCUT2D eigenvalue weighted by atomic mass is 32.2. The molecule has 0 aliphatic carbocycles. The average molecular weight is 271 g/mol. The van der Waals surface area contributed by atoms with Crippen molar-refractivity contribution in [3.63, 3.8) is 0 Å². The topological polar surface area (TPSA) is 74.7 Å². The maximum absolute atomic E-state index is 12.0. The van der Waals surface area contributed by atoms with Gasteiger partial charge in [-0.15, -0.1) is 0 Å². The summed E-state index contributed by atoms with van der Waals surface area (Å²) in [6.45, 7) is 1.78. The minimum absolute atomic E-state index is 0.110. The molecule has 0 saturated carbocycles. The van der Waals surface area contributed by atoms with Crippen molar-refractivity contribution in [1.82, 2.24) is 4.90 Å². The summed E-state index contributed by atoms with van der Waals surface area (Å²) in [7, 11) is -1.77. The van der Waals surface area contributed by atoms with Crippen molar-refractivity contribution in [1.29, 1.82) is 0 Å². The molecule has 0 aliphatic heterocycles. The minimum atomic E-state index is -3.33. The van der Waals surface area contributed by atoms with Crippen LogP contribution in [0.3, 0.4) is 0 Å². The molecule has 0 spiro atoms. The third-order valence-corrected chi connectivity index (χ3v) is 3.50. The van der Waals surface area contributed by atoms with Gasteiger partial charge in [0.05, 0.1) is 11.0 Å². The zero-order valence-electron chi connectivity index (χ0n) is 10.6. The Morgan fingerprint density at radius 1 is 1.44 bits per heavy atom. The Morgan fingerprint density at radius 2 is 2.06 bits per heavy atom. The van der Waals surface area contributed by atoms with Gasteiger partial charge in [0.15, 0.2) is 9.84 Å². The molecule has 1 amide bonds. The molecule has 18 heavy (non-hydrogen) atoms. The molecule has 6 heteroatoms. The Hall–Kier alpha value is -1.40. The van der Waals surface area contributed by atoms with Crippen LogP contribution in [-0.2, 0) is 9.84 Å². The number of likely N-dealkylation sites (N-methyl/N-ethyl adjacent to an activating group) is 1. The lowest BCUT2D eigenvalue weighted by atomic mass is 10.2. The standard InChI is InChI=1S/C12H17NO4S/c1-9(14)8-13(2)12(15)10-5-4-6-11(7-10)18(3,16)17/h4-7,9,14H,8H2,1-3H3. The summed E-state index contributed by atoms with van der Waals surface area (Å²) in [6, 6.07) is 5.87. The fraction of sp³-hybridized carbons (Fsp3) is 0.417. The van der Waals surface area contributed by atoms with E-state index in [-0.39, 0.29) is 17.3 Å². The van der Waals surface area contributed by atoms with Crippen LogP contribution in [0.5, 0.6) is 0 Å². The quantitative estimate of drug-likeness (QED) is 0.867. The maximum atomic E-state index is 12.0. The Bertz CT molecular complexity index is 537. The van der Waals surface area contributed by atoms with E-state index in [0.717, 1.165) is 6.26 Å². The lowest BCUT2D eigenvalue weighted by Crippen LogP contribution is -2.33. The van der Waals surface area contributed by atoms with E-state index in [2.05, 4.69) is 0 Å². The van der Waals surface area contributed by atoms with Gasteiger partial charge in [-0.25, -0.2) is 8.42 Å². The number of sulfone groups is 1. The van der Waals surface area contributed by atoms with Gasteiger partial charge in [0.1, 0.15) is 0 Å². The Balaban J connectivity index is 3.01. The SMILES string of the molecule is CC(O)CN(C)C(=O)c1cccc(S(C)(=O)=O)c1. The molecule has 5 nitrogen and oxygen atoms in total. The molecule has 1 aromatic carbocycles. The molecule has 0 aliphatic rings. The molecule has 0 radical (unpaired) electrons. The van der Waals surface area contributed by atoms with E-state index >= 15 is 0 Å². The summed E-state index contributed by atoms with van der Waals surface area (Å²) in [4.78, 5) is 13.4. The number of benzene rings is 1. The third kappa shape index (κ3) is 3.82. The van der Waals surface area contributed by atoms with Crippen molar-refractivity contribution < 1.29 is 18.3 Å². The molecule has 1 rings (SSSR count). The smallest absolute Gasteiger partial charge is 0.253 e. The molecule has 0 aromatic heterocycles. The number of hydrogen-bond donors (Lipinski definition) is 1. The number of carbonyl (C=O) groups excluding carboxylic acids is 1. The van der Waals surface area contributed by atoms with Gasteiger partial charge >= 0.3 is 0 Å². The van der Waals surface area contributed by atoms with Crippen LogP contribution in [0.2, 0.25) is 0 Å². The molecule has 1 N–H and O–H groups in total. The van der Waals surface area contributed by atoms with Crippen LogP contribution >= 0.6 is 0 Å². The van der Waals surface area contributed by atoms with Gasteiger partial charge in [0, 0.05) is 25.4 Å². The van der Waals surface area contributed by atoms with Crippen molar-refractivity contribution >= 4 is 15.7 Å². The number of carbonyl (C=O) groups is 1. The first-order chi connectivity index (χ1) is 8.21. The van der Waals surface area contributed by atoms with Crippen molar-refractivity contribution in [3.05, 3.63) is 29.8 Å². The van der Waals surface area contributed by atoms with Crippen LogP contribution in [0.4, 0.5) is 0 Å². The fourth-order valence-corrected chi connectivity index (χ4v) is 2.23. The summed E-state index contributed by atoms with van der Waals surface area (Å²) >= 11 is 0. The Labute approximate surface area is 107 Å². The minimum Gasteiger partial charge on any atom is -0.392 e. The lowest BCUT2D eigenvalue weighted by Gasteiger charge is -2.19. The van der Waals surface area contributed by atoms with Crippen LogP contribution in [0.25, 0.3) is 0 Å². The number of amides is 1. The van der Waals surface area contributed by atoms with Gasteiger partial charge in [-0.2, -0.15) is 0 Å². The summed E-state index contributed by atoms with van der Waals surface area (Å²) in [6.07, 6.45) is 0.466. The molecule has 1 atom stereocenters. The van der Waals surface area contributed by atoms with Crippen molar-refractivity contribution in [3.8, 4) is 0 Å². The Kier molecular flexibility index (Phi) is 4.48. The van der Waals surface area contributed by atoms with Crippen LogP contribution in [0, 0.1) is 0 Å². The van der Waals surface area contributed by atoms with E-state index in [4.69, 9.17) is 0 Å². The highest BCUT2D eigenvalue weighted by Gasteiger charge is 2.15. The highest BCUT2D eigenvalue weighted by molar-refractivity contribution is 7.90. The monoisotopic (exact) mass is 271 g/mol. The van der Waals surface area contributed by atoms with Gasteiger partial charge in [0.25, 0.3) is 5.91 Å². The molecule has 1 unspecified atom stereocenters. The average Bonchev–Trinajstić information content (AvgIpc) is 2.26. The first-order valence-electron chi connectivity index (χ1n) is 5.45. The van der Waals surface area contributed by atoms with Crippen molar-refractivity contribution in [2.75, 3.05) is 19.8 Å². The van der Waals surface area contributed by atoms with Crippen molar-refractivity contribution in [2.24, 2.45) is 0 Å². The predicted molar refractivity (Wildman–Crippen MR) is 68.2 cm³/mol. The summed E-state index contributed by atoms with van der Waals surface area (Å²) in [5.41, 5.74) is 0.293. The van der Waals surface area contributed by atoms with E-state index in [1.165, 1.54) is 23.1 Å². The fourth-order valence-electron chi connectivity index (χ4n) is 1.56. The first kappa shape index (κ1) is 14.7. The number of hydrogen-bond acceptors (Lipinski definition) is 4. The van der Waals surface area contributed by atoms with Gasteiger partial charge in [-0.3, -0.25) is 4.79 Å². The van der Waals surface area contributed by atoms with E-state index in [0.29, 0.717) is 5.56 Å². The van der Waals surface area contributed by atoms with Gasteiger partial charge in [-0.05, 0) is 25.1 Å². The van der Waals surface area contributed by atoms with Crippen molar-refractivity contribution in [2.45, 2.75) is 17.9 Å². The Morgan fingerprint density at radius 3 is 2.56 bits per heavy atom. The molecule has 0 fully saturated rings. The normalized spacial score (nSPS) is 13.1. The molecule has 0 saturated heterocycles. The zero-order valence-corrected chi connectivity index (χ0v) is 11.4. The molecule has 0 bridgehead atoms. The van der Waals surface area contributed by atoms with E-state index in [1.807, 2.05) is 0 Å². The second kappa shape index (κ2) is 5.49. The largest absolute Gasteiger partial charge is 0.392 e.